The first-order valence-electron chi connectivity index (χ1n) is 7.40. The number of carbonyl (C=O) groups is 1. The molecule has 3 heterocycles. The Morgan fingerprint density at radius 3 is 3.05 bits per heavy atom. The molecule has 1 amide bonds. The number of ether oxygens (including phenoxy) is 1. The summed E-state index contributed by atoms with van der Waals surface area (Å²) in [4.78, 5) is 19.0. The summed E-state index contributed by atoms with van der Waals surface area (Å²) < 4.78 is 5.33. The molecule has 2 aliphatic heterocycles. The van der Waals surface area contributed by atoms with E-state index >= 15 is 0 Å². The largest absolute Gasteiger partial charge is 0.381 e. The van der Waals surface area contributed by atoms with E-state index in [-0.39, 0.29) is 5.91 Å². The van der Waals surface area contributed by atoms with Crippen LogP contribution in [0.4, 0.5) is 5.82 Å². The summed E-state index contributed by atoms with van der Waals surface area (Å²) in [5, 5.41) is 3.02. The maximum atomic E-state index is 12.4. The van der Waals surface area contributed by atoms with E-state index in [0.29, 0.717) is 18.0 Å². The van der Waals surface area contributed by atoms with Crippen molar-refractivity contribution in [2.24, 2.45) is 5.92 Å². The van der Waals surface area contributed by atoms with Gasteiger partial charge in [0, 0.05) is 38.4 Å². The lowest BCUT2D eigenvalue weighted by molar-refractivity contribution is 0.0945. The fourth-order valence-electron chi connectivity index (χ4n) is 2.83. The van der Waals surface area contributed by atoms with E-state index in [9.17, 15) is 4.79 Å². The van der Waals surface area contributed by atoms with Gasteiger partial charge in [-0.1, -0.05) is 0 Å². The molecule has 0 aromatic carbocycles. The summed E-state index contributed by atoms with van der Waals surface area (Å²) in [5.41, 5.74) is 0.688. The van der Waals surface area contributed by atoms with Crippen molar-refractivity contribution >= 4 is 11.7 Å². The van der Waals surface area contributed by atoms with Crippen molar-refractivity contribution < 1.29 is 9.53 Å². The van der Waals surface area contributed by atoms with Crippen LogP contribution in [0, 0.1) is 5.92 Å². The van der Waals surface area contributed by atoms with E-state index in [4.69, 9.17) is 4.74 Å². The summed E-state index contributed by atoms with van der Waals surface area (Å²) in [6.45, 7) is 4.24. The van der Waals surface area contributed by atoms with Crippen LogP contribution >= 0.6 is 0 Å². The molecule has 2 fully saturated rings. The molecule has 2 aliphatic rings. The Hall–Kier alpha value is -1.62. The number of hydrogen-bond donors (Lipinski definition) is 1. The SMILES string of the molecule is O=C(NC[C@@H]1CCOC1)c1cccnc1N1CCCC1. The van der Waals surface area contributed by atoms with Crippen molar-refractivity contribution in [1.29, 1.82) is 0 Å². The van der Waals surface area contributed by atoms with Crippen LogP contribution in [-0.2, 0) is 4.74 Å². The molecule has 0 aliphatic carbocycles. The van der Waals surface area contributed by atoms with Crippen LogP contribution in [0.3, 0.4) is 0 Å². The van der Waals surface area contributed by atoms with E-state index in [1.807, 2.05) is 12.1 Å². The molecule has 1 aromatic rings. The number of nitrogens with zero attached hydrogens (tertiary/aromatic N) is 2. The minimum Gasteiger partial charge on any atom is -0.381 e. The predicted molar refractivity (Wildman–Crippen MR) is 76.9 cm³/mol. The average Bonchev–Trinajstić information content (AvgIpc) is 3.18. The molecular weight excluding hydrogens is 254 g/mol. The zero-order valence-electron chi connectivity index (χ0n) is 11.7. The van der Waals surface area contributed by atoms with Crippen molar-refractivity contribution in [2.45, 2.75) is 19.3 Å². The zero-order chi connectivity index (χ0) is 13.8. The fraction of sp³-hybridized carbons (Fsp3) is 0.600. The molecule has 1 N–H and O–H groups in total. The average molecular weight is 275 g/mol. The minimum atomic E-state index is -0.0214. The van der Waals surface area contributed by atoms with Crippen LogP contribution in [-0.4, -0.2) is 43.7 Å². The lowest BCUT2D eigenvalue weighted by Gasteiger charge is -2.19. The summed E-state index contributed by atoms with van der Waals surface area (Å²) in [5.74, 6) is 1.25. The van der Waals surface area contributed by atoms with Gasteiger partial charge in [0.15, 0.2) is 0 Å². The van der Waals surface area contributed by atoms with Gasteiger partial charge in [0.05, 0.1) is 12.2 Å². The van der Waals surface area contributed by atoms with Gasteiger partial charge in [0.1, 0.15) is 5.82 Å². The van der Waals surface area contributed by atoms with Gasteiger partial charge in [-0.05, 0) is 31.4 Å². The molecule has 0 unspecified atom stereocenters. The molecule has 0 radical (unpaired) electrons. The number of pyridine rings is 1. The smallest absolute Gasteiger partial charge is 0.255 e. The van der Waals surface area contributed by atoms with Gasteiger partial charge < -0.3 is 15.0 Å². The number of amides is 1. The van der Waals surface area contributed by atoms with Crippen LogP contribution in [0.5, 0.6) is 0 Å². The van der Waals surface area contributed by atoms with Gasteiger partial charge in [0.2, 0.25) is 0 Å². The molecule has 1 aromatic heterocycles. The summed E-state index contributed by atoms with van der Waals surface area (Å²) >= 11 is 0. The first-order chi connectivity index (χ1) is 9.84. The molecule has 2 saturated heterocycles. The third-order valence-corrected chi connectivity index (χ3v) is 4.01. The van der Waals surface area contributed by atoms with Crippen molar-refractivity contribution in [3.8, 4) is 0 Å². The van der Waals surface area contributed by atoms with Crippen molar-refractivity contribution in [1.82, 2.24) is 10.3 Å². The molecule has 5 heteroatoms. The van der Waals surface area contributed by atoms with E-state index in [0.717, 1.165) is 38.5 Å². The minimum absolute atomic E-state index is 0.0214. The Bertz CT molecular complexity index is 466. The predicted octanol–water partition coefficient (Wildman–Crippen LogP) is 1.45. The second kappa shape index (κ2) is 6.22. The Morgan fingerprint density at radius 2 is 2.30 bits per heavy atom. The molecule has 0 bridgehead atoms. The van der Waals surface area contributed by atoms with E-state index in [1.165, 1.54) is 12.8 Å². The van der Waals surface area contributed by atoms with E-state index in [2.05, 4.69) is 15.2 Å². The van der Waals surface area contributed by atoms with Crippen LogP contribution in [0.15, 0.2) is 18.3 Å². The van der Waals surface area contributed by atoms with Gasteiger partial charge in [-0.15, -0.1) is 0 Å². The third kappa shape index (κ3) is 2.93. The number of aromatic nitrogens is 1. The highest BCUT2D eigenvalue weighted by Crippen LogP contribution is 2.22. The summed E-state index contributed by atoms with van der Waals surface area (Å²) in [6, 6.07) is 3.69. The number of carbonyl (C=O) groups excluding carboxylic acids is 1. The first kappa shape index (κ1) is 13.4. The van der Waals surface area contributed by atoms with Gasteiger partial charge in [-0.3, -0.25) is 4.79 Å². The maximum absolute atomic E-state index is 12.4. The fourth-order valence-corrected chi connectivity index (χ4v) is 2.83. The second-order valence-corrected chi connectivity index (χ2v) is 5.51. The highest BCUT2D eigenvalue weighted by Gasteiger charge is 2.22. The lowest BCUT2D eigenvalue weighted by Crippen LogP contribution is -2.31. The third-order valence-electron chi connectivity index (χ3n) is 4.01. The van der Waals surface area contributed by atoms with Crippen LogP contribution < -0.4 is 10.2 Å². The van der Waals surface area contributed by atoms with Gasteiger partial charge in [-0.25, -0.2) is 4.98 Å². The van der Waals surface area contributed by atoms with E-state index < -0.39 is 0 Å². The summed E-state index contributed by atoms with van der Waals surface area (Å²) in [6.07, 6.45) is 5.15. The number of hydrogen-bond acceptors (Lipinski definition) is 4. The monoisotopic (exact) mass is 275 g/mol. The Balaban J connectivity index is 1.67. The van der Waals surface area contributed by atoms with Crippen molar-refractivity contribution in [2.75, 3.05) is 37.7 Å². The highest BCUT2D eigenvalue weighted by atomic mass is 16.5. The van der Waals surface area contributed by atoms with Crippen molar-refractivity contribution in [3.63, 3.8) is 0 Å². The Morgan fingerprint density at radius 1 is 1.45 bits per heavy atom. The maximum Gasteiger partial charge on any atom is 0.255 e. The molecule has 0 spiro atoms. The lowest BCUT2D eigenvalue weighted by atomic mass is 10.1. The molecule has 3 rings (SSSR count). The summed E-state index contributed by atoms with van der Waals surface area (Å²) in [7, 11) is 0. The number of nitrogens with one attached hydrogen (secondary N) is 1. The number of rotatable bonds is 4. The zero-order valence-corrected chi connectivity index (χ0v) is 11.7. The standard InChI is InChI=1S/C15H21N3O2/c19-15(17-10-12-5-9-20-11-12)13-4-3-6-16-14(13)18-7-1-2-8-18/h3-4,6,12H,1-2,5,7-11H2,(H,17,19)/t12-/m0/s1. The first-order valence-corrected chi connectivity index (χ1v) is 7.40. The van der Waals surface area contributed by atoms with Gasteiger partial charge >= 0.3 is 0 Å². The number of anilines is 1. The van der Waals surface area contributed by atoms with Crippen molar-refractivity contribution in [3.05, 3.63) is 23.9 Å². The van der Waals surface area contributed by atoms with Gasteiger partial charge in [0.25, 0.3) is 5.91 Å². The molecule has 0 saturated carbocycles. The van der Waals surface area contributed by atoms with Gasteiger partial charge in [-0.2, -0.15) is 0 Å². The molecule has 1 atom stereocenters. The Kier molecular flexibility index (Phi) is 4.16. The van der Waals surface area contributed by atoms with E-state index in [1.54, 1.807) is 6.20 Å². The van der Waals surface area contributed by atoms with Crippen LogP contribution in [0.25, 0.3) is 0 Å². The molecule has 20 heavy (non-hydrogen) atoms. The quantitative estimate of drug-likeness (QED) is 0.903. The molecule has 108 valence electrons. The van der Waals surface area contributed by atoms with Crippen LogP contribution in [0.1, 0.15) is 29.6 Å². The molecular formula is C15H21N3O2. The Labute approximate surface area is 119 Å². The second-order valence-electron chi connectivity index (χ2n) is 5.51. The highest BCUT2D eigenvalue weighted by molar-refractivity contribution is 5.98. The topological polar surface area (TPSA) is 54.5 Å². The molecule has 5 nitrogen and oxygen atoms in total. The van der Waals surface area contributed by atoms with Crippen LogP contribution in [0.2, 0.25) is 0 Å². The normalized spacial score (nSPS) is 22.2.